The highest BCUT2D eigenvalue weighted by atomic mass is 79.9. The first-order valence-electron chi connectivity index (χ1n) is 6.01. The van der Waals surface area contributed by atoms with Gasteiger partial charge in [0.15, 0.2) is 0 Å². The molecule has 0 radical (unpaired) electrons. The quantitative estimate of drug-likeness (QED) is 0.779. The fourth-order valence-electron chi connectivity index (χ4n) is 1.79. The summed E-state index contributed by atoms with van der Waals surface area (Å²) in [7, 11) is 0. The van der Waals surface area contributed by atoms with Gasteiger partial charge in [0.2, 0.25) is 0 Å². The van der Waals surface area contributed by atoms with Crippen molar-refractivity contribution in [2.45, 2.75) is 19.6 Å². The Labute approximate surface area is 133 Å². The fraction of sp³-hybridized carbons (Fsp3) is 0.200. The van der Waals surface area contributed by atoms with Crippen LogP contribution in [0.25, 0.3) is 0 Å². The number of hydrogen-bond acceptors (Lipinski definition) is 2. The lowest BCUT2D eigenvalue weighted by molar-refractivity contribution is 0.189. The van der Waals surface area contributed by atoms with Gasteiger partial charge in [-0.1, -0.05) is 31.9 Å². The Morgan fingerprint density at radius 1 is 1.15 bits per heavy atom. The Hall–Kier alpha value is -0.910. The maximum Gasteiger partial charge on any atom is 0.129 e. The first-order chi connectivity index (χ1) is 9.47. The van der Waals surface area contributed by atoms with Crippen LogP contribution in [0.15, 0.2) is 45.3 Å². The second-order valence-electron chi connectivity index (χ2n) is 4.38. The summed E-state index contributed by atoms with van der Waals surface area (Å²) < 4.78 is 20.9. The molecular formula is C15H13Br2FO2. The molecule has 0 amide bonds. The second-order valence-corrected chi connectivity index (χ2v) is 6.21. The van der Waals surface area contributed by atoms with Crippen LogP contribution in [0.4, 0.5) is 4.39 Å². The standard InChI is InChI=1S/C15H13Br2FO2/c1-9(19)13-7-12(17)3-5-15(13)20-8-10-6-11(16)2-4-14(10)18/h2-7,9,19H,8H2,1H3/t9-/m1/s1. The molecule has 20 heavy (non-hydrogen) atoms. The number of aliphatic hydroxyl groups is 1. The molecule has 0 aromatic heterocycles. The van der Waals surface area contributed by atoms with Gasteiger partial charge in [0.25, 0.3) is 0 Å². The van der Waals surface area contributed by atoms with Crippen molar-refractivity contribution >= 4 is 31.9 Å². The molecule has 0 aliphatic heterocycles. The monoisotopic (exact) mass is 402 g/mol. The minimum atomic E-state index is -0.658. The smallest absolute Gasteiger partial charge is 0.129 e. The van der Waals surface area contributed by atoms with E-state index in [1.807, 2.05) is 6.07 Å². The van der Waals surface area contributed by atoms with E-state index in [1.54, 1.807) is 31.2 Å². The van der Waals surface area contributed by atoms with Gasteiger partial charge in [-0.3, -0.25) is 0 Å². The van der Waals surface area contributed by atoms with Crippen molar-refractivity contribution in [2.24, 2.45) is 0 Å². The molecule has 0 aliphatic rings. The van der Waals surface area contributed by atoms with E-state index < -0.39 is 6.10 Å². The average Bonchev–Trinajstić information content (AvgIpc) is 2.40. The molecule has 1 atom stereocenters. The highest BCUT2D eigenvalue weighted by molar-refractivity contribution is 9.10. The Kier molecular flexibility index (Phi) is 5.18. The third kappa shape index (κ3) is 3.81. The summed E-state index contributed by atoms with van der Waals surface area (Å²) in [6.45, 7) is 1.76. The van der Waals surface area contributed by atoms with Crippen LogP contribution in [0, 0.1) is 5.82 Å². The topological polar surface area (TPSA) is 29.5 Å². The number of aliphatic hydroxyl groups excluding tert-OH is 1. The van der Waals surface area contributed by atoms with Crippen LogP contribution in [0.3, 0.4) is 0 Å². The van der Waals surface area contributed by atoms with Crippen molar-refractivity contribution in [3.63, 3.8) is 0 Å². The summed E-state index contributed by atoms with van der Waals surface area (Å²) in [5.41, 5.74) is 1.12. The molecule has 2 aromatic carbocycles. The van der Waals surface area contributed by atoms with Gasteiger partial charge in [-0.2, -0.15) is 0 Å². The van der Waals surface area contributed by atoms with Gasteiger partial charge >= 0.3 is 0 Å². The van der Waals surface area contributed by atoms with Gasteiger partial charge in [0, 0.05) is 20.1 Å². The molecule has 2 aromatic rings. The highest BCUT2D eigenvalue weighted by Crippen LogP contribution is 2.29. The molecule has 0 bridgehead atoms. The van der Waals surface area contributed by atoms with Gasteiger partial charge in [-0.05, 0) is 43.3 Å². The van der Waals surface area contributed by atoms with Crippen molar-refractivity contribution in [1.82, 2.24) is 0 Å². The molecule has 0 saturated heterocycles. The Morgan fingerprint density at radius 2 is 1.80 bits per heavy atom. The predicted octanol–water partition coefficient (Wildman–Crippen LogP) is 4.98. The molecule has 5 heteroatoms. The summed E-state index contributed by atoms with van der Waals surface area (Å²) in [4.78, 5) is 0. The second kappa shape index (κ2) is 6.70. The first kappa shape index (κ1) is 15.5. The SMILES string of the molecule is C[C@@H](O)c1cc(Br)ccc1OCc1cc(Br)ccc1F. The van der Waals surface area contributed by atoms with Crippen LogP contribution in [0.1, 0.15) is 24.2 Å². The Bertz CT molecular complexity index is 615. The predicted molar refractivity (Wildman–Crippen MR) is 83.2 cm³/mol. The lowest BCUT2D eigenvalue weighted by atomic mass is 10.1. The Morgan fingerprint density at radius 3 is 2.50 bits per heavy atom. The van der Waals surface area contributed by atoms with Crippen LogP contribution in [0.2, 0.25) is 0 Å². The maximum atomic E-state index is 13.6. The van der Waals surface area contributed by atoms with Crippen LogP contribution in [-0.2, 0) is 6.61 Å². The summed E-state index contributed by atoms with van der Waals surface area (Å²) in [5.74, 6) is 0.228. The minimum absolute atomic E-state index is 0.104. The fourth-order valence-corrected chi connectivity index (χ4v) is 2.57. The zero-order valence-electron chi connectivity index (χ0n) is 10.7. The van der Waals surface area contributed by atoms with Crippen LogP contribution in [0.5, 0.6) is 5.75 Å². The lowest BCUT2D eigenvalue weighted by Crippen LogP contribution is -2.02. The summed E-state index contributed by atoms with van der Waals surface area (Å²) in [5, 5.41) is 9.74. The summed E-state index contributed by atoms with van der Waals surface area (Å²) in [6.07, 6.45) is -0.658. The van der Waals surface area contributed by atoms with Gasteiger partial charge in [0.05, 0.1) is 6.10 Å². The van der Waals surface area contributed by atoms with Gasteiger partial charge in [-0.15, -0.1) is 0 Å². The molecular weight excluding hydrogens is 391 g/mol. The number of hydrogen-bond donors (Lipinski definition) is 1. The molecule has 2 nitrogen and oxygen atoms in total. The van der Waals surface area contributed by atoms with Crippen LogP contribution in [-0.4, -0.2) is 5.11 Å². The summed E-state index contributed by atoms with van der Waals surface area (Å²) >= 11 is 6.65. The van der Waals surface area contributed by atoms with E-state index in [2.05, 4.69) is 31.9 Å². The van der Waals surface area contributed by atoms with Gasteiger partial charge in [-0.25, -0.2) is 4.39 Å². The van der Waals surface area contributed by atoms with Crippen LogP contribution < -0.4 is 4.74 Å². The van der Waals surface area contributed by atoms with Crippen molar-refractivity contribution in [1.29, 1.82) is 0 Å². The third-order valence-electron chi connectivity index (χ3n) is 2.81. The lowest BCUT2D eigenvalue weighted by Gasteiger charge is -2.14. The van der Waals surface area contributed by atoms with E-state index in [4.69, 9.17) is 4.74 Å². The van der Waals surface area contributed by atoms with E-state index in [1.165, 1.54) is 6.07 Å². The van der Waals surface area contributed by atoms with E-state index in [0.717, 1.165) is 8.95 Å². The van der Waals surface area contributed by atoms with Crippen molar-refractivity contribution in [2.75, 3.05) is 0 Å². The van der Waals surface area contributed by atoms with Gasteiger partial charge < -0.3 is 9.84 Å². The summed E-state index contributed by atoms with van der Waals surface area (Å²) in [6, 6.07) is 10.1. The molecule has 106 valence electrons. The van der Waals surface area contributed by atoms with E-state index in [0.29, 0.717) is 16.9 Å². The van der Waals surface area contributed by atoms with E-state index >= 15 is 0 Å². The van der Waals surface area contributed by atoms with Crippen molar-refractivity contribution in [3.8, 4) is 5.75 Å². The van der Waals surface area contributed by atoms with Crippen LogP contribution >= 0.6 is 31.9 Å². The largest absolute Gasteiger partial charge is 0.488 e. The maximum absolute atomic E-state index is 13.6. The van der Waals surface area contributed by atoms with Crippen molar-refractivity contribution < 1.29 is 14.2 Å². The van der Waals surface area contributed by atoms with Crippen molar-refractivity contribution in [3.05, 3.63) is 62.3 Å². The normalized spacial score (nSPS) is 12.2. The first-order valence-corrected chi connectivity index (χ1v) is 7.60. The average molecular weight is 404 g/mol. The third-order valence-corrected chi connectivity index (χ3v) is 3.80. The zero-order valence-corrected chi connectivity index (χ0v) is 13.9. The molecule has 0 saturated carbocycles. The molecule has 0 spiro atoms. The number of halogens is 3. The molecule has 1 N–H and O–H groups in total. The minimum Gasteiger partial charge on any atom is -0.488 e. The van der Waals surface area contributed by atoms with E-state index in [9.17, 15) is 9.50 Å². The number of rotatable bonds is 4. The zero-order chi connectivity index (χ0) is 14.7. The Balaban J connectivity index is 2.20. The molecule has 0 unspecified atom stereocenters. The number of ether oxygens (including phenoxy) is 1. The molecule has 0 fully saturated rings. The van der Waals surface area contributed by atoms with Gasteiger partial charge in [0.1, 0.15) is 18.2 Å². The van der Waals surface area contributed by atoms with E-state index in [-0.39, 0.29) is 12.4 Å². The molecule has 0 heterocycles. The number of benzene rings is 2. The highest BCUT2D eigenvalue weighted by Gasteiger charge is 2.11. The molecule has 2 rings (SSSR count). The molecule has 0 aliphatic carbocycles.